The number of aldehydes is 1. The van der Waals surface area contributed by atoms with E-state index in [0.717, 1.165) is 12.7 Å². The Labute approximate surface area is 90.5 Å². The Bertz CT molecular complexity index is 286. The van der Waals surface area contributed by atoms with Gasteiger partial charge >= 0.3 is 5.97 Å². The van der Waals surface area contributed by atoms with E-state index in [4.69, 9.17) is 4.74 Å². The lowest BCUT2D eigenvalue weighted by Crippen LogP contribution is -2.41. The molecule has 0 aromatic rings. The maximum Gasteiger partial charge on any atom is 0.312 e. The van der Waals surface area contributed by atoms with Gasteiger partial charge in [-0.3, -0.25) is 9.59 Å². The fourth-order valence-corrected chi connectivity index (χ4v) is 1.39. The SMILES string of the molecule is CC(C)(C)C(=O)OC1(C=O)CC=CCC1. The summed E-state index contributed by atoms with van der Waals surface area (Å²) in [5.74, 6) is -0.315. The largest absolute Gasteiger partial charge is 0.451 e. The van der Waals surface area contributed by atoms with Gasteiger partial charge in [-0.15, -0.1) is 0 Å². The average Bonchev–Trinajstić information content (AvgIpc) is 2.18. The van der Waals surface area contributed by atoms with Crippen LogP contribution in [0.25, 0.3) is 0 Å². The Morgan fingerprint density at radius 2 is 2.07 bits per heavy atom. The van der Waals surface area contributed by atoms with Crippen LogP contribution < -0.4 is 0 Å². The van der Waals surface area contributed by atoms with Crippen molar-refractivity contribution >= 4 is 12.3 Å². The van der Waals surface area contributed by atoms with Crippen LogP contribution in [0.3, 0.4) is 0 Å². The van der Waals surface area contributed by atoms with E-state index in [1.807, 2.05) is 12.2 Å². The molecule has 0 saturated heterocycles. The lowest BCUT2D eigenvalue weighted by Gasteiger charge is -2.31. The number of hydrogen-bond acceptors (Lipinski definition) is 3. The molecule has 84 valence electrons. The zero-order valence-corrected chi connectivity index (χ0v) is 9.58. The van der Waals surface area contributed by atoms with Crippen molar-refractivity contribution in [1.29, 1.82) is 0 Å². The molecule has 1 aliphatic carbocycles. The summed E-state index contributed by atoms with van der Waals surface area (Å²) in [6.45, 7) is 5.35. The van der Waals surface area contributed by atoms with Crippen LogP contribution in [0.1, 0.15) is 40.0 Å². The van der Waals surface area contributed by atoms with Crippen molar-refractivity contribution in [3.8, 4) is 0 Å². The maximum absolute atomic E-state index is 11.7. The van der Waals surface area contributed by atoms with Gasteiger partial charge in [0.25, 0.3) is 0 Å². The van der Waals surface area contributed by atoms with E-state index in [2.05, 4.69) is 0 Å². The first-order valence-electron chi connectivity index (χ1n) is 5.24. The zero-order chi connectivity index (χ0) is 11.5. The van der Waals surface area contributed by atoms with E-state index in [0.29, 0.717) is 12.8 Å². The van der Waals surface area contributed by atoms with Crippen molar-refractivity contribution in [2.75, 3.05) is 0 Å². The van der Waals surface area contributed by atoms with Gasteiger partial charge in [-0.25, -0.2) is 0 Å². The third-order valence-electron chi connectivity index (χ3n) is 2.49. The molecule has 1 atom stereocenters. The summed E-state index contributed by atoms with van der Waals surface area (Å²) in [5.41, 5.74) is -1.48. The number of carbonyl (C=O) groups is 2. The predicted molar refractivity (Wildman–Crippen MR) is 57.3 cm³/mol. The number of allylic oxidation sites excluding steroid dienone is 1. The number of esters is 1. The molecule has 0 aliphatic heterocycles. The van der Waals surface area contributed by atoms with Gasteiger partial charge in [0, 0.05) is 6.42 Å². The summed E-state index contributed by atoms with van der Waals surface area (Å²) < 4.78 is 5.33. The number of ether oxygens (including phenoxy) is 1. The van der Waals surface area contributed by atoms with Gasteiger partial charge < -0.3 is 4.74 Å². The van der Waals surface area contributed by atoms with Crippen LogP contribution in [-0.4, -0.2) is 17.9 Å². The molecular formula is C12H18O3. The first kappa shape index (κ1) is 12.0. The van der Waals surface area contributed by atoms with Crippen molar-refractivity contribution < 1.29 is 14.3 Å². The minimum absolute atomic E-state index is 0.315. The number of rotatable bonds is 2. The molecule has 0 spiro atoms. The Hall–Kier alpha value is -1.12. The molecule has 0 radical (unpaired) electrons. The van der Waals surface area contributed by atoms with Crippen molar-refractivity contribution in [3.05, 3.63) is 12.2 Å². The summed E-state index contributed by atoms with van der Waals surface area (Å²) in [6.07, 6.45) is 6.55. The highest BCUT2D eigenvalue weighted by molar-refractivity contribution is 5.79. The second kappa shape index (κ2) is 4.17. The topological polar surface area (TPSA) is 43.4 Å². The minimum Gasteiger partial charge on any atom is -0.451 e. The number of carbonyl (C=O) groups excluding carboxylic acids is 2. The fraction of sp³-hybridized carbons (Fsp3) is 0.667. The van der Waals surface area contributed by atoms with Gasteiger partial charge in [-0.05, 0) is 33.6 Å². The Morgan fingerprint density at radius 1 is 1.40 bits per heavy atom. The molecule has 0 amide bonds. The zero-order valence-electron chi connectivity index (χ0n) is 9.58. The Balaban J connectivity index is 2.73. The molecule has 3 nitrogen and oxygen atoms in total. The van der Waals surface area contributed by atoms with E-state index in [1.54, 1.807) is 20.8 Å². The molecule has 1 aliphatic rings. The minimum atomic E-state index is -0.918. The normalized spacial score (nSPS) is 26.1. The van der Waals surface area contributed by atoms with E-state index in [9.17, 15) is 9.59 Å². The summed E-state index contributed by atoms with van der Waals surface area (Å²) in [5, 5.41) is 0. The highest BCUT2D eigenvalue weighted by Gasteiger charge is 2.37. The van der Waals surface area contributed by atoms with Crippen molar-refractivity contribution in [3.63, 3.8) is 0 Å². The van der Waals surface area contributed by atoms with Crippen LogP contribution in [0.4, 0.5) is 0 Å². The lowest BCUT2D eigenvalue weighted by molar-refractivity contribution is -0.172. The van der Waals surface area contributed by atoms with Crippen molar-refractivity contribution in [2.45, 2.75) is 45.6 Å². The highest BCUT2D eigenvalue weighted by Crippen LogP contribution is 2.29. The summed E-state index contributed by atoms with van der Waals surface area (Å²) in [4.78, 5) is 22.7. The second-order valence-electron chi connectivity index (χ2n) is 5.04. The van der Waals surface area contributed by atoms with Crippen molar-refractivity contribution in [1.82, 2.24) is 0 Å². The molecule has 0 bridgehead atoms. The van der Waals surface area contributed by atoms with Crippen LogP contribution in [0.15, 0.2) is 12.2 Å². The van der Waals surface area contributed by atoms with Gasteiger partial charge in [0.15, 0.2) is 11.9 Å². The standard InChI is InChI=1S/C12H18O3/c1-11(2,3)10(14)15-12(9-13)7-5-4-6-8-12/h4-5,9H,6-8H2,1-3H3. The molecule has 0 N–H and O–H groups in total. The first-order chi connectivity index (χ1) is 6.90. The molecule has 1 unspecified atom stereocenters. The molecular weight excluding hydrogens is 192 g/mol. The molecule has 0 aromatic heterocycles. The summed E-state index contributed by atoms with van der Waals surface area (Å²) in [6, 6.07) is 0. The van der Waals surface area contributed by atoms with Crippen LogP contribution in [-0.2, 0) is 14.3 Å². The predicted octanol–water partition coefficient (Wildman–Crippen LogP) is 2.25. The van der Waals surface area contributed by atoms with Gasteiger partial charge in [-0.2, -0.15) is 0 Å². The Morgan fingerprint density at radius 3 is 2.47 bits per heavy atom. The molecule has 0 fully saturated rings. The van der Waals surface area contributed by atoms with Crippen LogP contribution in [0, 0.1) is 5.41 Å². The third-order valence-corrected chi connectivity index (χ3v) is 2.49. The van der Waals surface area contributed by atoms with E-state index in [1.165, 1.54) is 0 Å². The number of hydrogen-bond donors (Lipinski definition) is 0. The van der Waals surface area contributed by atoms with Crippen LogP contribution >= 0.6 is 0 Å². The molecule has 0 saturated carbocycles. The molecule has 0 heterocycles. The molecule has 15 heavy (non-hydrogen) atoms. The average molecular weight is 210 g/mol. The molecule has 1 rings (SSSR count). The third kappa shape index (κ3) is 2.91. The van der Waals surface area contributed by atoms with E-state index < -0.39 is 11.0 Å². The fourth-order valence-electron chi connectivity index (χ4n) is 1.39. The van der Waals surface area contributed by atoms with Gasteiger partial charge in [0.1, 0.15) is 0 Å². The smallest absolute Gasteiger partial charge is 0.312 e. The summed E-state index contributed by atoms with van der Waals surface area (Å²) in [7, 11) is 0. The van der Waals surface area contributed by atoms with Crippen LogP contribution in [0.5, 0.6) is 0 Å². The maximum atomic E-state index is 11.7. The lowest BCUT2D eigenvalue weighted by atomic mass is 9.89. The van der Waals surface area contributed by atoms with Gasteiger partial charge in [-0.1, -0.05) is 12.2 Å². The van der Waals surface area contributed by atoms with E-state index >= 15 is 0 Å². The molecule has 3 heteroatoms. The van der Waals surface area contributed by atoms with Crippen LogP contribution in [0.2, 0.25) is 0 Å². The monoisotopic (exact) mass is 210 g/mol. The Kier molecular flexibility index (Phi) is 3.32. The highest BCUT2D eigenvalue weighted by atomic mass is 16.6. The van der Waals surface area contributed by atoms with Gasteiger partial charge in [0.05, 0.1) is 5.41 Å². The summed E-state index contributed by atoms with van der Waals surface area (Å²) >= 11 is 0. The first-order valence-corrected chi connectivity index (χ1v) is 5.24. The molecule has 0 aromatic carbocycles. The van der Waals surface area contributed by atoms with Gasteiger partial charge in [0.2, 0.25) is 0 Å². The van der Waals surface area contributed by atoms with E-state index in [-0.39, 0.29) is 5.97 Å². The van der Waals surface area contributed by atoms with Crippen molar-refractivity contribution in [2.24, 2.45) is 5.41 Å². The second-order valence-corrected chi connectivity index (χ2v) is 5.04. The quantitative estimate of drug-likeness (QED) is 0.399.